The average Bonchev–Trinajstić information content (AvgIpc) is 3.03. The van der Waals surface area contributed by atoms with Gasteiger partial charge in [-0.2, -0.15) is 0 Å². The standard InChI is InChI=1S/C34H45N5O2/c40-34(36-18-10-26-41-31-14-9-11-29(27-31)28-38-19-7-2-8-20-38)39-24-22-37(23-25-39)21-16-32(30-12-3-1-4-13-30)33-15-5-6-17-35-33/h1,3-6,9,11-15,17,27,32H,2,7-8,10,16,18-26,28H2,(H,36,40). The summed E-state index contributed by atoms with van der Waals surface area (Å²) >= 11 is 0. The number of hydrogen-bond donors (Lipinski definition) is 1. The van der Waals surface area contributed by atoms with Gasteiger partial charge in [-0.15, -0.1) is 0 Å². The molecule has 2 aliphatic rings. The molecule has 1 unspecified atom stereocenters. The molecule has 1 aromatic heterocycles. The molecule has 2 amide bonds. The van der Waals surface area contributed by atoms with Crippen molar-refractivity contribution in [2.24, 2.45) is 0 Å². The van der Waals surface area contributed by atoms with Crippen molar-refractivity contribution >= 4 is 6.03 Å². The fourth-order valence-corrected chi connectivity index (χ4v) is 5.92. The van der Waals surface area contributed by atoms with E-state index in [4.69, 9.17) is 4.74 Å². The molecule has 2 aliphatic heterocycles. The van der Waals surface area contributed by atoms with Gasteiger partial charge in [0.25, 0.3) is 0 Å². The van der Waals surface area contributed by atoms with Gasteiger partial charge in [0.05, 0.1) is 6.61 Å². The van der Waals surface area contributed by atoms with Crippen molar-refractivity contribution in [1.82, 2.24) is 25.0 Å². The SMILES string of the molecule is O=C(NCCCOc1cccc(CN2CCCCC2)c1)N1CCN(CCC(c2ccccc2)c2ccccn2)CC1. The first-order valence-corrected chi connectivity index (χ1v) is 15.4. The first-order chi connectivity index (χ1) is 20.2. The van der Waals surface area contributed by atoms with E-state index in [-0.39, 0.29) is 11.9 Å². The third-order valence-electron chi connectivity index (χ3n) is 8.26. The molecule has 7 heteroatoms. The highest BCUT2D eigenvalue weighted by atomic mass is 16.5. The topological polar surface area (TPSA) is 60.9 Å². The van der Waals surface area contributed by atoms with Gasteiger partial charge < -0.3 is 15.0 Å². The minimum Gasteiger partial charge on any atom is -0.494 e. The zero-order valence-corrected chi connectivity index (χ0v) is 24.3. The Balaban J connectivity index is 0.980. The lowest BCUT2D eigenvalue weighted by molar-refractivity contribution is 0.137. The fourth-order valence-electron chi connectivity index (χ4n) is 5.92. The molecular weight excluding hydrogens is 510 g/mol. The number of pyridine rings is 1. The van der Waals surface area contributed by atoms with E-state index in [1.54, 1.807) is 0 Å². The number of hydrogen-bond acceptors (Lipinski definition) is 5. The predicted octanol–water partition coefficient (Wildman–Crippen LogP) is 5.39. The van der Waals surface area contributed by atoms with E-state index < -0.39 is 0 Å². The second-order valence-electron chi connectivity index (χ2n) is 11.3. The first-order valence-electron chi connectivity index (χ1n) is 15.4. The molecule has 1 N–H and O–H groups in total. The Kier molecular flexibility index (Phi) is 11.0. The number of piperazine rings is 1. The van der Waals surface area contributed by atoms with Crippen LogP contribution in [0.1, 0.15) is 54.8 Å². The second kappa shape index (κ2) is 15.5. The van der Waals surface area contributed by atoms with Crippen LogP contribution < -0.4 is 10.1 Å². The van der Waals surface area contributed by atoms with Gasteiger partial charge in [0.1, 0.15) is 5.75 Å². The number of benzene rings is 2. The van der Waals surface area contributed by atoms with Crippen LogP contribution in [0.15, 0.2) is 79.0 Å². The van der Waals surface area contributed by atoms with E-state index in [1.807, 2.05) is 23.2 Å². The van der Waals surface area contributed by atoms with Crippen molar-refractivity contribution < 1.29 is 9.53 Å². The first kappa shape index (κ1) is 29.1. The Bertz CT molecular complexity index is 1140. The molecule has 2 saturated heterocycles. The molecule has 3 aromatic rings. The molecular formula is C34H45N5O2. The van der Waals surface area contributed by atoms with Gasteiger partial charge in [0.2, 0.25) is 0 Å². The van der Waals surface area contributed by atoms with Crippen molar-refractivity contribution in [1.29, 1.82) is 0 Å². The lowest BCUT2D eigenvalue weighted by Gasteiger charge is -2.35. The van der Waals surface area contributed by atoms with E-state index in [1.165, 1.54) is 43.5 Å². The minimum absolute atomic E-state index is 0.0313. The normalized spacial score (nSPS) is 17.2. The quantitative estimate of drug-likeness (QED) is 0.304. The lowest BCUT2D eigenvalue weighted by atomic mass is 9.91. The van der Waals surface area contributed by atoms with E-state index >= 15 is 0 Å². The van der Waals surface area contributed by atoms with E-state index in [9.17, 15) is 4.79 Å². The van der Waals surface area contributed by atoms with Crippen LogP contribution in [0.25, 0.3) is 0 Å². The number of urea groups is 1. The number of aromatic nitrogens is 1. The molecule has 0 saturated carbocycles. The highest BCUT2D eigenvalue weighted by Crippen LogP contribution is 2.27. The Morgan fingerprint density at radius 1 is 0.854 bits per heavy atom. The maximum atomic E-state index is 12.8. The summed E-state index contributed by atoms with van der Waals surface area (Å²) in [6.07, 6.45) is 7.64. The zero-order chi connectivity index (χ0) is 28.1. The van der Waals surface area contributed by atoms with E-state index in [0.717, 1.165) is 63.6 Å². The van der Waals surface area contributed by atoms with Crippen LogP contribution in [0.2, 0.25) is 0 Å². The average molecular weight is 556 g/mol. The summed E-state index contributed by atoms with van der Waals surface area (Å²) in [6.45, 7) is 8.90. The molecule has 0 aliphatic carbocycles. The molecule has 2 aromatic carbocycles. The molecule has 41 heavy (non-hydrogen) atoms. The Morgan fingerprint density at radius 3 is 2.44 bits per heavy atom. The summed E-state index contributed by atoms with van der Waals surface area (Å²) in [7, 11) is 0. The van der Waals surface area contributed by atoms with Gasteiger partial charge in [-0.3, -0.25) is 14.8 Å². The summed E-state index contributed by atoms with van der Waals surface area (Å²) in [5, 5.41) is 3.09. The smallest absolute Gasteiger partial charge is 0.317 e. The molecule has 0 radical (unpaired) electrons. The number of likely N-dealkylation sites (tertiary alicyclic amines) is 1. The van der Waals surface area contributed by atoms with Crippen LogP contribution in [-0.2, 0) is 6.54 Å². The number of ether oxygens (including phenoxy) is 1. The molecule has 0 spiro atoms. The van der Waals surface area contributed by atoms with Crippen LogP contribution in [0.3, 0.4) is 0 Å². The fraction of sp³-hybridized carbons (Fsp3) is 0.471. The Labute approximate surface area is 245 Å². The van der Waals surface area contributed by atoms with Crippen LogP contribution in [0, 0.1) is 0 Å². The summed E-state index contributed by atoms with van der Waals surface area (Å²) < 4.78 is 5.99. The van der Waals surface area contributed by atoms with Crippen molar-refractivity contribution in [3.05, 3.63) is 95.8 Å². The van der Waals surface area contributed by atoms with Crippen LogP contribution >= 0.6 is 0 Å². The summed E-state index contributed by atoms with van der Waals surface area (Å²) in [6, 6.07) is 25.3. The molecule has 1 atom stereocenters. The largest absolute Gasteiger partial charge is 0.494 e. The van der Waals surface area contributed by atoms with Crippen LogP contribution in [-0.4, -0.2) is 84.7 Å². The third-order valence-corrected chi connectivity index (χ3v) is 8.26. The highest BCUT2D eigenvalue weighted by molar-refractivity contribution is 5.74. The second-order valence-corrected chi connectivity index (χ2v) is 11.3. The van der Waals surface area contributed by atoms with E-state index in [0.29, 0.717) is 13.2 Å². The van der Waals surface area contributed by atoms with Gasteiger partial charge >= 0.3 is 6.03 Å². The van der Waals surface area contributed by atoms with Gasteiger partial charge in [-0.05, 0) is 80.7 Å². The minimum atomic E-state index is 0.0313. The van der Waals surface area contributed by atoms with Gasteiger partial charge in [-0.1, -0.05) is 55.0 Å². The number of nitrogens with one attached hydrogen (secondary N) is 1. The molecule has 0 bridgehead atoms. The van der Waals surface area contributed by atoms with Crippen molar-refractivity contribution in [2.75, 3.05) is 59.0 Å². The Hall–Kier alpha value is -3.42. The highest BCUT2D eigenvalue weighted by Gasteiger charge is 2.23. The number of nitrogens with zero attached hydrogens (tertiary/aromatic N) is 4. The monoisotopic (exact) mass is 555 g/mol. The summed E-state index contributed by atoms with van der Waals surface area (Å²) in [4.78, 5) is 24.3. The maximum absolute atomic E-state index is 12.8. The van der Waals surface area contributed by atoms with Crippen molar-refractivity contribution in [3.63, 3.8) is 0 Å². The van der Waals surface area contributed by atoms with Crippen LogP contribution in [0.4, 0.5) is 4.79 Å². The van der Waals surface area contributed by atoms with E-state index in [2.05, 4.69) is 80.8 Å². The molecule has 218 valence electrons. The predicted molar refractivity (Wildman–Crippen MR) is 164 cm³/mol. The number of carbonyl (C=O) groups is 1. The van der Waals surface area contributed by atoms with Crippen LogP contribution in [0.5, 0.6) is 5.75 Å². The molecule has 2 fully saturated rings. The third kappa shape index (κ3) is 9.03. The number of rotatable bonds is 12. The molecule has 7 nitrogen and oxygen atoms in total. The van der Waals surface area contributed by atoms with Crippen molar-refractivity contribution in [2.45, 2.75) is 44.6 Å². The zero-order valence-electron chi connectivity index (χ0n) is 24.3. The van der Waals surface area contributed by atoms with Gasteiger partial charge in [0.15, 0.2) is 0 Å². The number of amides is 2. The number of carbonyl (C=O) groups excluding carboxylic acids is 1. The van der Waals surface area contributed by atoms with Crippen molar-refractivity contribution in [3.8, 4) is 5.75 Å². The summed E-state index contributed by atoms with van der Waals surface area (Å²) in [5.41, 5.74) is 3.73. The van der Waals surface area contributed by atoms with Gasteiger partial charge in [-0.25, -0.2) is 4.79 Å². The molecule has 5 rings (SSSR count). The summed E-state index contributed by atoms with van der Waals surface area (Å²) in [5.74, 6) is 1.19. The molecule has 3 heterocycles. The lowest BCUT2D eigenvalue weighted by Crippen LogP contribution is -2.52. The van der Waals surface area contributed by atoms with Gasteiger partial charge in [0, 0.05) is 57.1 Å². The maximum Gasteiger partial charge on any atom is 0.317 e. The Morgan fingerprint density at radius 2 is 1.66 bits per heavy atom. The number of piperidine rings is 1.